The van der Waals surface area contributed by atoms with Gasteiger partial charge in [0.25, 0.3) is 0 Å². The molecule has 0 radical (unpaired) electrons. The minimum absolute atomic E-state index is 0.000557. The minimum Gasteiger partial charge on any atom is -0.360 e. The van der Waals surface area contributed by atoms with Crippen molar-refractivity contribution >= 4 is 23.2 Å². The van der Waals surface area contributed by atoms with E-state index in [4.69, 9.17) is 4.74 Å². The number of hydrogen-bond acceptors (Lipinski definition) is 6. The number of amides is 2. The van der Waals surface area contributed by atoms with Gasteiger partial charge in [-0.05, 0) is 12.5 Å². The molecule has 8 heteroatoms. The Morgan fingerprint density at radius 1 is 1.34 bits per heavy atom. The van der Waals surface area contributed by atoms with Crippen molar-refractivity contribution < 1.29 is 14.3 Å². The van der Waals surface area contributed by atoms with E-state index in [0.29, 0.717) is 26.1 Å². The zero-order valence-electron chi connectivity index (χ0n) is 16.1. The minimum atomic E-state index is -0.672. The monoisotopic (exact) mass is 410 g/mol. The summed E-state index contributed by atoms with van der Waals surface area (Å²) in [5.74, 6) is -1.06. The predicted octanol–water partition coefficient (Wildman–Crippen LogP) is 1.49. The number of aromatic nitrogens is 2. The molecule has 0 aliphatic carbocycles. The molecule has 1 N–H and O–H groups in total. The number of fused-ring (bicyclic) bond motifs is 1. The normalized spacial score (nSPS) is 29.5. The van der Waals surface area contributed by atoms with Gasteiger partial charge < -0.3 is 15.0 Å². The van der Waals surface area contributed by atoms with Gasteiger partial charge >= 0.3 is 0 Å². The third-order valence-electron chi connectivity index (χ3n) is 5.90. The van der Waals surface area contributed by atoms with Crippen LogP contribution in [0.5, 0.6) is 0 Å². The summed E-state index contributed by atoms with van der Waals surface area (Å²) in [5, 5.41) is 12.9. The number of likely N-dealkylation sites (tertiary alicyclic amines) is 1. The second-order valence-electron chi connectivity index (χ2n) is 7.84. The number of nitrogens with one attached hydrogen (secondary N) is 1. The van der Waals surface area contributed by atoms with Crippen LogP contribution in [0.4, 0.5) is 0 Å². The van der Waals surface area contributed by atoms with Gasteiger partial charge in [0.05, 0.1) is 24.5 Å². The van der Waals surface area contributed by atoms with Crippen molar-refractivity contribution in [1.82, 2.24) is 20.4 Å². The fraction of sp³-hybridized carbons (Fsp3) is 0.429. The molecule has 2 saturated heterocycles. The van der Waals surface area contributed by atoms with E-state index in [1.165, 1.54) is 11.3 Å². The van der Waals surface area contributed by atoms with E-state index in [9.17, 15) is 9.59 Å². The lowest BCUT2D eigenvalue weighted by molar-refractivity contribution is -0.137. The van der Waals surface area contributed by atoms with E-state index in [-0.39, 0.29) is 17.9 Å². The van der Waals surface area contributed by atoms with Crippen molar-refractivity contribution in [3.8, 4) is 0 Å². The van der Waals surface area contributed by atoms with Gasteiger partial charge in [-0.1, -0.05) is 42.5 Å². The van der Waals surface area contributed by atoms with Crippen molar-refractivity contribution in [1.29, 1.82) is 0 Å². The van der Waals surface area contributed by atoms with Gasteiger partial charge in [-0.3, -0.25) is 9.59 Å². The molecule has 1 aromatic heterocycles. The van der Waals surface area contributed by atoms with Gasteiger partial charge in [-0.15, -0.1) is 21.5 Å². The highest BCUT2D eigenvalue weighted by molar-refractivity contribution is 7.11. The van der Waals surface area contributed by atoms with Crippen LogP contribution in [0, 0.1) is 18.8 Å². The van der Waals surface area contributed by atoms with E-state index in [0.717, 1.165) is 15.6 Å². The molecule has 7 nitrogen and oxygen atoms in total. The van der Waals surface area contributed by atoms with Crippen LogP contribution >= 0.6 is 11.3 Å². The molecule has 29 heavy (non-hydrogen) atoms. The molecule has 4 heterocycles. The molecular formula is C21H22N4O3S. The van der Waals surface area contributed by atoms with Gasteiger partial charge in [0.2, 0.25) is 11.8 Å². The second kappa shape index (κ2) is 7.03. The average Bonchev–Trinajstić information content (AvgIpc) is 3.45. The summed E-state index contributed by atoms with van der Waals surface area (Å²) < 4.78 is 6.17. The van der Waals surface area contributed by atoms with Crippen molar-refractivity contribution in [3.05, 3.63) is 58.1 Å². The Balaban J connectivity index is 1.27. The van der Waals surface area contributed by atoms with E-state index in [1.54, 1.807) is 0 Å². The Morgan fingerprint density at radius 2 is 2.17 bits per heavy atom. The lowest BCUT2D eigenvalue weighted by Crippen LogP contribution is -2.44. The van der Waals surface area contributed by atoms with Crippen LogP contribution in [0.3, 0.4) is 0 Å². The molecule has 1 spiro atoms. The number of nitrogens with zero attached hydrogens (tertiary/aromatic N) is 3. The molecule has 4 atom stereocenters. The van der Waals surface area contributed by atoms with E-state index >= 15 is 0 Å². The van der Waals surface area contributed by atoms with Crippen LogP contribution in [-0.2, 0) is 27.3 Å². The van der Waals surface area contributed by atoms with Crippen LogP contribution in [0.15, 0.2) is 42.5 Å². The maximum absolute atomic E-state index is 13.2. The van der Waals surface area contributed by atoms with Gasteiger partial charge in [-0.2, -0.15) is 0 Å². The maximum Gasteiger partial charge on any atom is 0.230 e. The average molecular weight is 410 g/mol. The number of carbonyl (C=O) groups is 2. The molecule has 5 rings (SSSR count). The van der Waals surface area contributed by atoms with Crippen molar-refractivity contribution in [2.75, 3.05) is 13.1 Å². The van der Waals surface area contributed by atoms with Crippen LogP contribution in [-0.4, -0.2) is 51.7 Å². The van der Waals surface area contributed by atoms with Crippen LogP contribution in [0.1, 0.15) is 15.6 Å². The predicted molar refractivity (Wildman–Crippen MR) is 107 cm³/mol. The van der Waals surface area contributed by atoms with Gasteiger partial charge in [0, 0.05) is 19.5 Å². The zero-order chi connectivity index (χ0) is 20.0. The summed E-state index contributed by atoms with van der Waals surface area (Å²) in [7, 11) is 0. The lowest BCUT2D eigenvalue weighted by Gasteiger charge is -2.23. The number of aryl methyl sites for hydroxylation is 1. The maximum atomic E-state index is 13.2. The van der Waals surface area contributed by atoms with E-state index in [1.807, 2.05) is 54.3 Å². The molecule has 3 aliphatic heterocycles. The number of hydrogen-bond donors (Lipinski definition) is 1. The van der Waals surface area contributed by atoms with Crippen molar-refractivity contribution in [3.63, 3.8) is 0 Å². The van der Waals surface area contributed by atoms with E-state index < -0.39 is 17.4 Å². The highest BCUT2D eigenvalue weighted by Crippen LogP contribution is 2.52. The van der Waals surface area contributed by atoms with Crippen molar-refractivity contribution in [2.24, 2.45) is 11.8 Å². The molecule has 150 valence electrons. The Hall–Kier alpha value is -2.58. The molecule has 2 bridgehead atoms. The van der Waals surface area contributed by atoms with Crippen LogP contribution < -0.4 is 5.32 Å². The first-order chi connectivity index (χ1) is 14.1. The SMILES string of the molecule is Cc1nnc(CCNC(=O)[C@H]2[C@H]3C=C[C@]4(CN(Cc5ccccc5)C(=O)[C@@H]24)O3)s1. The molecule has 2 fully saturated rings. The first-order valence-corrected chi connectivity index (χ1v) is 10.6. The third kappa shape index (κ3) is 3.16. The Bertz CT molecular complexity index is 975. The van der Waals surface area contributed by atoms with E-state index in [2.05, 4.69) is 15.5 Å². The summed E-state index contributed by atoms with van der Waals surface area (Å²) in [6.07, 6.45) is 4.23. The third-order valence-corrected chi connectivity index (χ3v) is 6.80. The number of ether oxygens (including phenoxy) is 1. The number of carbonyl (C=O) groups excluding carboxylic acids is 2. The quantitative estimate of drug-likeness (QED) is 0.730. The summed E-state index contributed by atoms with van der Waals surface area (Å²) in [5.41, 5.74) is 0.401. The summed E-state index contributed by atoms with van der Waals surface area (Å²) in [4.78, 5) is 28.0. The second-order valence-corrected chi connectivity index (χ2v) is 9.10. The standard InChI is InChI=1S/C21H22N4O3S/c1-13-23-24-16(29-13)8-10-22-19(26)17-15-7-9-21(28-15)12-25(20(27)18(17)21)11-14-5-3-2-4-6-14/h2-7,9,15,17-18H,8,10-12H2,1H3,(H,22,26)/t15-,17+,18-,21-/m1/s1. The number of benzene rings is 1. The molecule has 3 aliphatic rings. The first-order valence-electron chi connectivity index (χ1n) is 9.82. The van der Waals surface area contributed by atoms with Gasteiger partial charge in [0.15, 0.2) is 0 Å². The largest absolute Gasteiger partial charge is 0.360 e. The van der Waals surface area contributed by atoms with Crippen molar-refractivity contribution in [2.45, 2.75) is 31.6 Å². The molecule has 2 amide bonds. The molecule has 0 unspecified atom stereocenters. The summed E-state index contributed by atoms with van der Waals surface area (Å²) >= 11 is 1.53. The Kier molecular flexibility index (Phi) is 4.48. The van der Waals surface area contributed by atoms with Crippen LogP contribution in [0.25, 0.3) is 0 Å². The highest BCUT2D eigenvalue weighted by Gasteiger charge is 2.66. The first kappa shape index (κ1) is 18.4. The fourth-order valence-electron chi connectivity index (χ4n) is 4.66. The highest BCUT2D eigenvalue weighted by atomic mass is 32.1. The Morgan fingerprint density at radius 3 is 2.93 bits per heavy atom. The summed E-state index contributed by atoms with van der Waals surface area (Å²) in [6, 6.07) is 9.90. The van der Waals surface area contributed by atoms with Crippen LogP contribution in [0.2, 0.25) is 0 Å². The molecule has 1 aromatic carbocycles. The molecule has 0 saturated carbocycles. The summed E-state index contributed by atoms with van der Waals surface area (Å²) in [6.45, 7) is 3.41. The topological polar surface area (TPSA) is 84.4 Å². The van der Waals surface area contributed by atoms with Gasteiger partial charge in [0.1, 0.15) is 15.6 Å². The lowest BCUT2D eigenvalue weighted by atomic mass is 9.77. The molecular weight excluding hydrogens is 388 g/mol. The Labute approximate surface area is 172 Å². The molecule has 2 aromatic rings. The zero-order valence-corrected chi connectivity index (χ0v) is 16.9. The van der Waals surface area contributed by atoms with Gasteiger partial charge in [-0.25, -0.2) is 0 Å². The smallest absolute Gasteiger partial charge is 0.230 e. The number of rotatable bonds is 6. The fourth-order valence-corrected chi connectivity index (χ4v) is 5.37.